The monoisotopic (exact) mass is 250 g/mol. The van der Waals surface area contributed by atoms with E-state index in [1.807, 2.05) is 24.3 Å². The van der Waals surface area contributed by atoms with Gasteiger partial charge in [-0.3, -0.25) is 0 Å². The third-order valence-electron chi connectivity index (χ3n) is 2.88. The number of carboxylic acids is 1. The maximum absolute atomic E-state index is 10.8. The summed E-state index contributed by atoms with van der Waals surface area (Å²) in [6.45, 7) is 0. The molecule has 2 aromatic carbocycles. The highest BCUT2D eigenvalue weighted by molar-refractivity contribution is 5.88. The maximum atomic E-state index is 10.8. The number of carbonyl (C=O) groups is 1. The van der Waals surface area contributed by atoms with Gasteiger partial charge >= 0.3 is 5.97 Å². The molecule has 0 saturated carbocycles. The van der Waals surface area contributed by atoms with Crippen LogP contribution in [0, 0.1) is 0 Å². The first kappa shape index (κ1) is 11.3. The van der Waals surface area contributed by atoms with E-state index in [0.29, 0.717) is 5.82 Å². The first-order chi connectivity index (χ1) is 9.24. The molecule has 0 spiro atoms. The Kier molecular flexibility index (Phi) is 2.68. The molecule has 0 fully saturated rings. The lowest BCUT2D eigenvalue weighted by molar-refractivity contribution is 0.0697. The zero-order valence-corrected chi connectivity index (χ0v) is 9.95. The van der Waals surface area contributed by atoms with Crippen molar-refractivity contribution in [3.05, 3.63) is 60.3 Å². The van der Waals surface area contributed by atoms with Crippen LogP contribution in [0.5, 0.6) is 0 Å². The largest absolute Gasteiger partial charge is 0.478 e. The molecule has 0 unspecified atom stereocenters. The molecule has 0 atom stereocenters. The molecule has 0 aliphatic heterocycles. The van der Waals surface area contributed by atoms with E-state index in [-0.39, 0.29) is 5.56 Å². The van der Waals surface area contributed by atoms with Gasteiger partial charge < -0.3 is 5.11 Å². The summed E-state index contributed by atoms with van der Waals surface area (Å²) in [7, 11) is 0. The van der Waals surface area contributed by atoms with Gasteiger partial charge in [0.2, 0.25) is 0 Å². The Hall–Kier alpha value is -2.75. The molecule has 4 heteroatoms. The van der Waals surface area contributed by atoms with E-state index in [4.69, 9.17) is 5.11 Å². The van der Waals surface area contributed by atoms with Gasteiger partial charge in [0.1, 0.15) is 0 Å². The molecule has 92 valence electrons. The molecule has 3 rings (SSSR count). The van der Waals surface area contributed by atoms with Crippen LogP contribution in [0.15, 0.2) is 54.7 Å². The predicted molar refractivity (Wildman–Crippen MR) is 71.9 cm³/mol. The lowest BCUT2D eigenvalue weighted by Gasteiger charge is -2.02. The summed E-state index contributed by atoms with van der Waals surface area (Å²) in [5, 5.41) is 9.84. The first-order valence-electron chi connectivity index (χ1n) is 5.79. The highest BCUT2D eigenvalue weighted by Crippen LogP contribution is 2.18. The predicted octanol–water partition coefficient (Wildman–Crippen LogP) is 3.00. The first-order valence-corrected chi connectivity index (χ1v) is 5.79. The number of aromatic nitrogens is 2. The van der Waals surface area contributed by atoms with Crippen LogP contribution in [0.1, 0.15) is 10.4 Å². The molecule has 1 N–H and O–H groups in total. The zero-order valence-electron chi connectivity index (χ0n) is 9.95. The van der Waals surface area contributed by atoms with Gasteiger partial charge in [-0.15, -0.1) is 0 Å². The number of rotatable bonds is 2. The van der Waals surface area contributed by atoms with Gasteiger partial charge in [0.05, 0.1) is 11.1 Å². The lowest BCUT2D eigenvalue weighted by Crippen LogP contribution is -1.96. The Balaban J connectivity index is 2.06. The Bertz CT molecular complexity index is 751. The topological polar surface area (TPSA) is 63.1 Å². The smallest absolute Gasteiger partial charge is 0.335 e. The van der Waals surface area contributed by atoms with Crippen LogP contribution in [-0.2, 0) is 0 Å². The standard InChI is InChI=1S/C15H10N2O2/c18-15(19)11-7-5-10(6-8-11)14-16-9-12-3-1-2-4-13(12)17-14/h1-9H,(H,18,19). The van der Waals surface area contributed by atoms with Crippen LogP contribution >= 0.6 is 0 Å². The summed E-state index contributed by atoms with van der Waals surface area (Å²) in [5.74, 6) is -0.346. The average Bonchev–Trinajstić information content (AvgIpc) is 2.47. The lowest BCUT2D eigenvalue weighted by atomic mass is 10.1. The molecule has 3 aromatic rings. The summed E-state index contributed by atoms with van der Waals surface area (Å²) in [5.41, 5.74) is 1.93. The Morgan fingerprint density at radius 3 is 2.47 bits per heavy atom. The van der Waals surface area contributed by atoms with Crippen LogP contribution in [0.3, 0.4) is 0 Å². The molecule has 19 heavy (non-hydrogen) atoms. The van der Waals surface area contributed by atoms with Crippen molar-refractivity contribution in [2.24, 2.45) is 0 Å². The van der Waals surface area contributed by atoms with E-state index in [1.54, 1.807) is 30.5 Å². The molecule has 0 aliphatic rings. The number of para-hydroxylation sites is 1. The third kappa shape index (κ3) is 2.15. The Labute approximate surface area is 109 Å². The molecule has 0 radical (unpaired) electrons. The van der Waals surface area contributed by atoms with E-state index in [1.165, 1.54) is 0 Å². The fraction of sp³-hybridized carbons (Fsp3) is 0. The normalized spacial score (nSPS) is 10.5. The van der Waals surface area contributed by atoms with Gasteiger partial charge in [-0.2, -0.15) is 0 Å². The molecule has 0 saturated heterocycles. The minimum atomic E-state index is -0.939. The van der Waals surface area contributed by atoms with Crippen LogP contribution < -0.4 is 0 Å². The zero-order chi connectivity index (χ0) is 13.2. The van der Waals surface area contributed by atoms with Crippen LogP contribution in [0.25, 0.3) is 22.3 Å². The van der Waals surface area contributed by atoms with Gasteiger partial charge in [0, 0.05) is 17.1 Å². The van der Waals surface area contributed by atoms with E-state index in [9.17, 15) is 4.79 Å². The van der Waals surface area contributed by atoms with E-state index >= 15 is 0 Å². The van der Waals surface area contributed by atoms with Crippen molar-refractivity contribution in [3.63, 3.8) is 0 Å². The SMILES string of the molecule is O=C(O)c1ccc(-c2ncc3ccccc3n2)cc1. The van der Waals surface area contributed by atoms with E-state index in [2.05, 4.69) is 9.97 Å². The van der Waals surface area contributed by atoms with Crippen molar-refractivity contribution in [3.8, 4) is 11.4 Å². The minimum Gasteiger partial charge on any atom is -0.478 e. The summed E-state index contributed by atoms with van der Waals surface area (Å²) >= 11 is 0. The van der Waals surface area contributed by atoms with Gasteiger partial charge in [0.25, 0.3) is 0 Å². The summed E-state index contributed by atoms with van der Waals surface area (Å²) in [6, 6.07) is 14.3. The van der Waals surface area contributed by atoms with Crippen molar-refractivity contribution in [2.45, 2.75) is 0 Å². The maximum Gasteiger partial charge on any atom is 0.335 e. The van der Waals surface area contributed by atoms with Crippen molar-refractivity contribution in [1.29, 1.82) is 0 Å². The molecule has 1 heterocycles. The molecule has 4 nitrogen and oxygen atoms in total. The van der Waals surface area contributed by atoms with E-state index < -0.39 is 5.97 Å². The molecule has 1 aromatic heterocycles. The second-order valence-corrected chi connectivity index (χ2v) is 4.13. The van der Waals surface area contributed by atoms with E-state index in [0.717, 1.165) is 16.5 Å². The molecule has 0 bridgehead atoms. The van der Waals surface area contributed by atoms with Gasteiger partial charge in [-0.1, -0.05) is 30.3 Å². The van der Waals surface area contributed by atoms with Crippen molar-refractivity contribution < 1.29 is 9.90 Å². The number of hydrogen-bond acceptors (Lipinski definition) is 3. The van der Waals surface area contributed by atoms with Crippen molar-refractivity contribution >= 4 is 16.9 Å². The van der Waals surface area contributed by atoms with Gasteiger partial charge in [0.15, 0.2) is 5.82 Å². The second-order valence-electron chi connectivity index (χ2n) is 4.13. The minimum absolute atomic E-state index is 0.254. The third-order valence-corrected chi connectivity index (χ3v) is 2.88. The summed E-state index contributed by atoms with van der Waals surface area (Å²) < 4.78 is 0. The number of hydrogen-bond donors (Lipinski definition) is 1. The van der Waals surface area contributed by atoms with Crippen molar-refractivity contribution in [2.75, 3.05) is 0 Å². The summed E-state index contributed by atoms with van der Waals surface area (Å²) in [6.07, 6.45) is 1.77. The Morgan fingerprint density at radius 2 is 1.74 bits per heavy atom. The van der Waals surface area contributed by atoms with Crippen LogP contribution in [-0.4, -0.2) is 21.0 Å². The van der Waals surface area contributed by atoms with Gasteiger partial charge in [-0.25, -0.2) is 14.8 Å². The van der Waals surface area contributed by atoms with Crippen LogP contribution in [0.2, 0.25) is 0 Å². The quantitative estimate of drug-likeness (QED) is 0.759. The number of carboxylic acid groups (broad SMARTS) is 1. The van der Waals surface area contributed by atoms with Gasteiger partial charge in [-0.05, 0) is 18.2 Å². The second kappa shape index (κ2) is 4.49. The fourth-order valence-electron chi connectivity index (χ4n) is 1.87. The van der Waals surface area contributed by atoms with Crippen LogP contribution in [0.4, 0.5) is 0 Å². The molecule has 0 amide bonds. The molecular weight excluding hydrogens is 240 g/mol. The Morgan fingerprint density at radius 1 is 1.00 bits per heavy atom. The number of benzene rings is 2. The molecular formula is C15H10N2O2. The highest BCUT2D eigenvalue weighted by Gasteiger charge is 2.05. The average molecular weight is 250 g/mol. The number of nitrogens with zero attached hydrogens (tertiary/aromatic N) is 2. The molecule has 0 aliphatic carbocycles. The summed E-state index contributed by atoms with van der Waals surface area (Å²) in [4.78, 5) is 19.5. The fourth-order valence-corrected chi connectivity index (χ4v) is 1.87. The highest BCUT2D eigenvalue weighted by atomic mass is 16.4. The van der Waals surface area contributed by atoms with Crippen molar-refractivity contribution in [1.82, 2.24) is 9.97 Å². The number of fused-ring (bicyclic) bond motifs is 1. The number of aromatic carboxylic acids is 1.